The number of hydrogen-bond donors (Lipinski definition) is 0. The van der Waals surface area contributed by atoms with Crippen LogP contribution in [-0.2, 0) is 0 Å². The van der Waals surface area contributed by atoms with E-state index in [2.05, 4.69) is 52.3 Å². The van der Waals surface area contributed by atoms with Gasteiger partial charge in [0.2, 0.25) is 0 Å². The standard InChI is InChI=1S/C12H23N/c1-7-12(13(6)8-2)9-11(5)10(3)4/h7-8,10-11H,2,9H2,1,3-6H3/b12-7-. The molecule has 0 aromatic heterocycles. The molecule has 0 spiro atoms. The zero-order chi connectivity index (χ0) is 10.4. The Morgan fingerprint density at radius 2 is 1.92 bits per heavy atom. The summed E-state index contributed by atoms with van der Waals surface area (Å²) in [6.07, 6.45) is 5.17. The van der Waals surface area contributed by atoms with Gasteiger partial charge in [-0.2, -0.15) is 0 Å². The van der Waals surface area contributed by atoms with Crippen LogP contribution < -0.4 is 0 Å². The summed E-state index contributed by atoms with van der Waals surface area (Å²) >= 11 is 0. The van der Waals surface area contributed by atoms with Gasteiger partial charge in [0.25, 0.3) is 0 Å². The Kier molecular flexibility index (Phi) is 5.52. The fraction of sp³-hybridized carbons (Fsp3) is 0.667. The molecule has 1 heteroatoms. The second-order valence-corrected chi connectivity index (χ2v) is 4.00. The van der Waals surface area contributed by atoms with Gasteiger partial charge in [-0.3, -0.25) is 0 Å². The second kappa shape index (κ2) is 5.85. The van der Waals surface area contributed by atoms with E-state index < -0.39 is 0 Å². The fourth-order valence-electron chi connectivity index (χ4n) is 1.15. The Balaban J connectivity index is 4.22. The summed E-state index contributed by atoms with van der Waals surface area (Å²) in [5.41, 5.74) is 1.36. The molecule has 1 unspecified atom stereocenters. The van der Waals surface area contributed by atoms with E-state index in [0.29, 0.717) is 0 Å². The van der Waals surface area contributed by atoms with Crippen molar-refractivity contribution in [2.45, 2.75) is 34.1 Å². The molecule has 0 aliphatic heterocycles. The molecule has 1 nitrogen and oxygen atoms in total. The summed E-state index contributed by atoms with van der Waals surface area (Å²) in [4.78, 5) is 2.10. The molecule has 76 valence electrons. The van der Waals surface area contributed by atoms with Crippen molar-refractivity contribution in [2.24, 2.45) is 11.8 Å². The SMILES string of the molecule is C=CN(C)/C(=C\C)CC(C)C(C)C. The Bertz CT molecular complexity index is 180. The van der Waals surface area contributed by atoms with Gasteiger partial charge in [-0.05, 0) is 31.4 Å². The van der Waals surface area contributed by atoms with Crippen LogP contribution in [0.5, 0.6) is 0 Å². The monoisotopic (exact) mass is 181 g/mol. The molecule has 0 N–H and O–H groups in total. The first-order chi connectivity index (χ1) is 6.02. The van der Waals surface area contributed by atoms with Crippen LogP contribution in [0, 0.1) is 11.8 Å². The molecular formula is C12H23N. The van der Waals surface area contributed by atoms with Gasteiger partial charge < -0.3 is 4.90 Å². The highest BCUT2D eigenvalue weighted by Gasteiger charge is 2.10. The molecular weight excluding hydrogens is 158 g/mol. The summed E-state index contributed by atoms with van der Waals surface area (Å²) in [7, 11) is 2.05. The Morgan fingerprint density at radius 3 is 2.23 bits per heavy atom. The molecule has 0 aromatic rings. The number of hydrogen-bond acceptors (Lipinski definition) is 1. The minimum absolute atomic E-state index is 0.730. The van der Waals surface area contributed by atoms with Crippen LogP contribution in [0.4, 0.5) is 0 Å². The van der Waals surface area contributed by atoms with Crippen molar-refractivity contribution >= 4 is 0 Å². The van der Waals surface area contributed by atoms with E-state index in [1.807, 2.05) is 6.20 Å². The van der Waals surface area contributed by atoms with Crippen LogP contribution in [0.3, 0.4) is 0 Å². The third kappa shape index (κ3) is 4.16. The molecule has 0 radical (unpaired) electrons. The number of nitrogens with zero attached hydrogens (tertiary/aromatic N) is 1. The van der Waals surface area contributed by atoms with E-state index in [4.69, 9.17) is 0 Å². The lowest BCUT2D eigenvalue weighted by Crippen LogP contribution is -2.14. The van der Waals surface area contributed by atoms with Crippen LogP contribution in [-0.4, -0.2) is 11.9 Å². The second-order valence-electron chi connectivity index (χ2n) is 4.00. The molecule has 0 aliphatic rings. The van der Waals surface area contributed by atoms with E-state index in [1.54, 1.807) is 0 Å². The highest BCUT2D eigenvalue weighted by molar-refractivity contribution is 5.02. The van der Waals surface area contributed by atoms with E-state index >= 15 is 0 Å². The molecule has 0 saturated heterocycles. The van der Waals surface area contributed by atoms with Crippen LogP contribution in [0.15, 0.2) is 24.6 Å². The molecule has 0 saturated carbocycles. The van der Waals surface area contributed by atoms with Crippen LogP contribution in [0.25, 0.3) is 0 Å². The van der Waals surface area contributed by atoms with Crippen molar-refractivity contribution in [3.8, 4) is 0 Å². The predicted molar refractivity (Wildman–Crippen MR) is 60.3 cm³/mol. The highest BCUT2D eigenvalue weighted by Crippen LogP contribution is 2.20. The molecule has 0 amide bonds. The van der Waals surface area contributed by atoms with E-state index in [1.165, 1.54) is 5.70 Å². The zero-order valence-electron chi connectivity index (χ0n) is 9.67. The van der Waals surface area contributed by atoms with Crippen molar-refractivity contribution in [1.82, 2.24) is 4.90 Å². The smallest absolute Gasteiger partial charge is 0.0131 e. The van der Waals surface area contributed by atoms with Gasteiger partial charge in [0, 0.05) is 12.7 Å². The molecule has 0 heterocycles. The first kappa shape index (κ1) is 12.3. The Morgan fingerprint density at radius 1 is 1.38 bits per heavy atom. The van der Waals surface area contributed by atoms with Gasteiger partial charge in [-0.25, -0.2) is 0 Å². The van der Waals surface area contributed by atoms with Crippen molar-refractivity contribution in [1.29, 1.82) is 0 Å². The topological polar surface area (TPSA) is 3.24 Å². The van der Waals surface area contributed by atoms with Crippen LogP contribution in [0.1, 0.15) is 34.1 Å². The zero-order valence-corrected chi connectivity index (χ0v) is 9.67. The molecule has 13 heavy (non-hydrogen) atoms. The minimum atomic E-state index is 0.730. The molecule has 0 rings (SSSR count). The average molecular weight is 181 g/mol. The Hall–Kier alpha value is -0.720. The number of rotatable bonds is 5. The van der Waals surface area contributed by atoms with Crippen molar-refractivity contribution in [3.63, 3.8) is 0 Å². The molecule has 0 bridgehead atoms. The van der Waals surface area contributed by atoms with Crippen LogP contribution >= 0.6 is 0 Å². The summed E-state index contributed by atoms with van der Waals surface area (Å²) < 4.78 is 0. The lowest BCUT2D eigenvalue weighted by molar-refractivity contribution is 0.381. The quantitative estimate of drug-likeness (QED) is 0.626. The third-order valence-corrected chi connectivity index (χ3v) is 2.73. The maximum Gasteiger partial charge on any atom is 0.0131 e. The van der Waals surface area contributed by atoms with Gasteiger partial charge in [0.15, 0.2) is 0 Å². The minimum Gasteiger partial charge on any atom is -0.355 e. The maximum absolute atomic E-state index is 3.77. The van der Waals surface area contributed by atoms with Crippen LogP contribution in [0.2, 0.25) is 0 Å². The summed E-state index contributed by atoms with van der Waals surface area (Å²) in [5, 5.41) is 0. The van der Waals surface area contributed by atoms with Crippen molar-refractivity contribution < 1.29 is 0 Å². The lowest BCUT2D eigenvalue weighted by Gasteiger charge is -2.23. The third-order valence-electron chi connectivity index (χ3n) is 2.73. The van der Waals surface area contributed by atoms with E-state index in [0.717, 1.165) is 18.3 Å². The molecule has 0 aliphatic carbocycles. The largest absolute Gasteiger partial charge is 0.355 e. The van der Waals surface area contributed by atoms with Gasteiger partial charge in [0.05, 0.1) is 0 Å². The normalized spacial score (nSPS) is 14.5. The van der Waals surface area contributed by atoms with Crippen molar-refractivity contribution in [2.75, 3.05) is 7.05 Å². The molecule has 0 aromatic carbocycles. The summed E-state index contributed by atoms with van der Waals surface area (Å²) in [6.45, 7) is 12.7. The van der Waals surface area contributed by atoms with Gasteiger partial charge in [0.1, 0.15) is 0 Å². The maximum atomic E-state index is 3.77. The van der Waals surface area contributed by atoms with Gasteiger partial charge in [-0.1, -0.05) is 33.4 Å². The number of allylic oxidation sites excluding steroid dienone is 2. The predicted octanol–water partition coefficient (Wildman–Crippen LogP) is 3.65. The summed E-state index contributed by atoms with van der Waals surface area (Å²) in [5.74, 6) is 1.47. The van der Waals surface area contributed by atoms with E-state index in [-0.39, 0.29) is 0 Å². The Labute approximate surface area is 83.1 Å². The highest BCUT2D eigenvalue weighted by atomic mass is 15.1. The molecule has 0 fully saturated rings. The lowest BCUT2D eigenvalue weighted by atomic mass is 9.93. The first-order valence-electron chi connectivity index (χ1n) is 5.03. The van der Waals surface area contributed by atoms with Gasteiger partial charge >= 0.3 is 0 Å². The average Bonchev–Trinajstić information content (AvgIpc) is 2.12. The first-order valence-corrected chi connectivity index (χ1v) is 5.03. The fourth-order valence-corrected chi connectivity index (χ4v) is 1.15. The molecule has 1 atom stereocenters. The van der Waals surface area contributed by atoms with E-state index in [9.17, 15) is 0 Å². The van der Waals surface area contributed by atoms with Gasteiger partial charge in [-0.15, -0.1) is 0 Å². The summed E-state index contributed by atoms with van der Waals surface area (Å²) in [6, 6.07) is 0. The van der Waals surface area contributed by atoms with Crippen molar-refractivity contribution in [3.05, 3.63) is 24.6 Å².